The zero-order chi connectivity index (χ0) is 36.6. The van der Waals surface area contributed by atoms with Crippen molar-refractivity contribution < 1.29 is 28.8 Å². The summed E-state index contributed by atoms with van der Waals surface area (Å²) in [5, 5.41) is 7.88. The second kappa shape index (κ2) is 20.3. The van der Waals surface area contributed by atoms with E-state index in [0.717, 1.165) is 43.9 Å². The number of unbranched alkanes of at least 4 members (excludes halogenated alkanes) is 2. The third-order valence-corrected chi connectivity index (χ3v) is 9.50. The van der Waals surface area contributed by atoms with E-state index >= 15 is 0 Å². The van der Waals surface area contributed by atoms with Gasteiger partial charge in [-0.3, -0.25) is 38.7 Å². The van der Waals surface area contributed by atoms with E-state index in [1.165, 1.54) is 4.90 Å². The predicted octanol–water partition coefficient (Wildman–Crippen LogP) is 1.59. The fraction of sp³-hybridized carbons (Fsp3) is 0.559. The number of carbonyl (C=O) groups excluding carboxylic acids is 6. The molecule has 0 aromatic heterocycles. The van der Waals surface area contributed by atoms with Gasteiger partial charge in [-0.05, 0) is 93.4 Å². The molecule has 1 aromatic carbocycles. The Morgan fingerprint density at radius 1 is 0.920 bits per heavy atom. The number of hydrogen-bond acceptors (Lipinski definition) is 9. The van der Waals surface area contributed by atoms with Gasteiger partial charge in [-0.2, -0.15) is 0 Å². The lowest BCUT2D eigenvalue weighted by atomic mass is 10.0. The minimum atomic E-state index is -1.08. The smallest absolute Gasteiger partial charge is 0.293 e. The van der Waals surface area contributed by atoms with E-state index in [0.29, 0.717) is 44.2 Å². The second-order valence-corrected chi connectivity index (χ2v) is 13.5. The summed E-state index contributed by atoms with van der Waals surface area (Å²) in [5.41, 5.74) is 22.8. The molecule has 2 fully saturated rings. The number of guanidine groups is 1. The third kappa shape index (κ3) is 12.2. The van der Waals surface area contributed by atoms with Crippen LogP contribution in [0, 0.1) is 0 Å². The number of rotatable bonds is 20. The molecule has 11 N–H and O–H groups in total. The minimum absolute atomic E-state index is 0.0856. The van der Waals surface area contributed by atoms with Crippen LogP contribution in [0.3, 0.4) is 0 Å². The standard InChI is InChI=1S/C34H51N9O6S/c1-2-3-14-24(28(36)44)40-30(46)25(15-6-7-17-35)42-31(47)26(16-9-18-39-33(37)38)41-29(45)22-11-8-10-21(19-22)20-27-32(48)43(34(49)50-27)23-12-4-5-13-23/h8,10-11,19-20,23-26H,2-7,9,12-18,35H2,1H3,(H2,36,44)(H,40,46)(H,41,45)(H,42,47)(H4,37,38,39)/b27-20-/t24-,25-,26-/m0/s1. The van der Waals surface area contributed by atoms with Crippen LogP contribution in [-0.2, 0) is 19.2 Å². The second-order valence-electron chi connectivity index (χ2n) is 12.5. The van der Waals surface area contributed by atoms with Gasteiger partial charge in [-0.25, -0.2) is 0 Å². The maximum Gasteiger partial charge on any atom is 0.293 e. The Morgan fingerprint density at radius 3 is 2.20 bits per heavy atom. The molecular weight excluding hydrogens is 662 g/mol. The zero-order valence-electron chi connectivity index (χ0n) is 28.7. The Kier molecular flexibility index (Phi) is 16.2. The van der Waals surface area contributed by atoms with Crippen molar-refractivity contribution in [1.82, 2.24) is 20.9 Å². The lowest BCUT2D eigenvalue weighted by molar-refractivity contribution is -0.132. The van der Waals surface area contributed by atoms with E-state index in [2.05, 4.69) is 20.9 Å². The van der Waals surface area contributed by atoms with E-state index in [1.807, 2.05) is 6.92 Å². The Hall–Kier alpha value is -4.44. The highest BCUT2D eigenvalue weighted by Gasteiger charge is 2.40. The average Bonchev–Trinajstić information content (AvgIpc) is 3.70. The highest BCUT2D eigenvalue weighted by atomic mass is 32.2. The number of nitrogens with one attached hydrogen (secondary N) is 3. The Bertz CT molecular complexity index is 1440. The van der Waals surface area contributed by atoms with Gasteiger partial charge in [0.15, 0.2) is 5.96 Å². The fourth-order valence-electron chi connectivity index (χ4n) is 5.89. The summed E-state index contributed by atoms with van der Waals surface area (Å²) in [5.74, 6) is -2.87. The number of imide groups is 1. The van der Waals surface area contributed by atoms with Gasteiger partial charge in [0.1, 0.15) is 18.1 Å². The van der Waals surface area contributed by atoms with Crippen molar-refractivity contribution in [3.8, 4) is 0 Å². The number of carbonyl (C=O) groups is 6. The molecule has 50 heavy (non-hydrogen) atoms. The molecule has 1 aliphatic heterocycles. The van der Waals surface area contributed by atoms with Crippen LogP contribution in [0.25, 0.3) is 6.08 Å². The van der Waals surface area contributed by atoms with Gasteiger partial charge in [0, 0.05) is 18.2 Å². The molecule has 1 aromatic rings. The van der Waals surface area contributed by atoms with E-state index in [-0.39, 0.29) is 53.0 Å². The summed E-state index contributed by atoms with van der Waals surface area (Å²) in [6, 6.07) is 3.40. The minimum Gasteiger partial charge on any atom is -0.370 e. The summed E-state index contributed by atoms with van der Waals surface area (Å²) in [4.78, 5) is 83.8. The molecule has 1 saturated heterocycles. The van der Waals surface area contributed by atoms with E-state index in [1.54, 1.807) is 30.3 Å². The van der Waals surface area contributed by atoms with Gasteiger partial charge in [0.25, 0.3) is 17.1 Å². The summed E-state index contributed by atoms with van der Waals surface area (Å²) >= 11 is 0.880. The molecule has 274 valence electrons. The number of nitrogens with zero attached hydrogens (tertiary/aromatic N) is 2. The van der Waals surface area contributed by atoms with Crippen molar-refractivity contribution in [1.29, 1.82) is 0 Å². The third-order valence-electron chi connectivity index (χ3n) is 8.61. The monoisotopic (exact) mass is 713 g/mol. The molecule has 1 aliphatic carbocycles. The molecule has 0 bridgehead atoms. The van der Waals surface area contributed by atoms with Crippen LogP contribution in [0.15, 0.2) is 34.2 Å². The molecule has 16 heteroatoms. The van der Waals surface area contributed by atoms with Crippen molar-refractivity contribution >= 4 is 58.6 Å². The molecular formula is C34H51N9O6S. The summed E-state index contributed by atoms with van der Waals surface area (Å²) < 4.78 is 0. The first kappa shape index (κ1) is 40.0. The molecule has 2 aliphatic rings. The van der Waals surface area contributed by atoms with Gasteiger partial charge in [-0.1, -0.05) is 44.7 Å². The van der Waals surface area contributed by atoms with Crippen molar-refractivity contribution in [3.05, 3.63) is 40.3 Å². The van der Waals surface area contributed by atoms with Crippen LogP contribution in [0.4, 0.5) is 4.79 Å². The number of aliphatic imine (C=N–C) groups is 1. The van der Waals surface area contributed by atoms with Crippen molar-refractivity contribution in [2.45, 2.75) is 108 Å². The van der Waals surface area contributed by atoms with E-state index in [9.17, 15) is 28.8 Å². The Labute approximate surface area is 297 Å². The Balaban J connectivity index is 1.78. The predicted molar refractivity (Wildman–Crippen MR) is 193 cm³/mol. The summed E-state index contributed by atoms with van der Waals surface area (Å²) in [7, 11) is 0. The van der Waals surface area contributed by atoms with Gasteiger partial charge in [0.05, 0.1) is 4.91 Å². The fourth-order valence-corrected chi connectivity index (χ4v) is 6.79. The lowest BCUT2D eigenvalue weighted by Gasteiger charge is -2.25. The van der Waals surface area contributed by atoms with E-state index < -0.39 is 41.8 Å². The molecule has 0 spiro atoms. The quantitative estimate of drug-likeness (QED) is 0.0444. The number of amides is 6. The topological polar surface area (TPSA) is 258 Å². The maximum atomic E-state index is 13.7. The van der Waals surface area contributed by atoms with Crippen LogP contribution in [0.1, 0.15) is 99.9 Å². The van der Waals surface area contributed by atoms with Gasteiger partial charge in [0.2, 0.25) is 17.7 Å². The maximum absolute atomic E-state index is 13.7. The van der Waals surface area contributed by atoms with Gasteiger partial charge >= 0.3 is 0 Å². The summed E-state index contributed by atoms with van der Waals surface area (Å²) in [6.45, 7) is 2.54. The molecule has 6 amide bonds. The van der Waals surface area contributed by atoms with Crippen molar-refractivity contribution in [2.75, 3.05) is 13.1 Å². The molecule has 1 heterocycles. The molecule has 3 rings (SSSR count). The largest absolute Gasteiger partial charge is 0.370 e. The van der Waals surface area contributed by atoms with Crippen molar-refractivity contribution in [3.63, 3.8) is 0 Å². The van der Waals surface area contributed by atoms with Crippen molar-refractivity contribution in [2.24, 2.45) is 27.9 Å². The average molecular weight is 714 g/mol. The van der Waals surface area contributed by atoms with Crippen LogP contribution in [-0.4, -0.2) is 82.9 Å². The van der Waals surface area contributed by atoms with Crippen LogP contribution < -0.4 is 38.9 Å². The van der Waals surface area contributed by atoms with Gasteiger partial charge in [-0.15, -0.1) is 0 Å². The number of thioether (sulfide) groups is 1. The number of benzene rings is 1. The van der Waals surface area contributed by atoms with Gasteiger partial charge < -0.3 is 38.9 Å². The number of primary amides is 1. The van der Waals surface area contributed by atoms with E-state index in [4.69, 9.17) is 22.9 Å². The molecule has 15 nitrogen and oxygen atoms in total. The highest BCUT2D eigenvalue weighted by molar-refractivity contribution is 8.18. The number of hydrogen-bond donors (Lipinski definition) is 7. The SMILES string of the molecule is CCCC[C@H](NC(=O)[C@H](CCCCN)NC(=O)[C@H](CCCN=C(N)N)NC(=O)c1cccc(/C=C2\SC(=O)N(C3CCCC3)C2=O)c1)C(N)=O. The van der Waals surface area contributed by atoms with Crippen LogP contribution >= 0.6 is 11.8 Å². The first-order valence-corrected chi connectivity index (χ1v) is 18.1. The van der Waals surface area contributed by atoms with Crippen LogP contribution in [0.2, 0.25) is 0 Å². The first-order chi connectivity index (χ1) is 23.9. The highest BCUT2D eigenvalue weighted by Crippen LogP contribution is 2.37. The molecule has 0 unspecified atom stereocenters. The zero-order valence-corrected chi connectivity index (χ0v) is 29.5. The first-order valence-electron chi connectivity index (χ1n) is 17.3. The normalized spacial score (nSPS) is 17.3. The lowest BCUT2D eigenvalue weighted by Crippen LogP contribution is -2.56. The van der Waals surface area contributed by atoms with Crippen LogP contribution in [0.5, 0.6) is 0 Å². The summed E-state index contributed by atoms with van der Waals surface area (Å²) in [6.07, 6.45) is 8.83. The Morgan fingerprint density at radius 2 is 1.56 bits per heavy atom. The molecule has 0 radical (unpaired) electrons. The molecule has 1 saturated carbocycles. The number of nitrogens with two attached hydrogens (primary N) is 4. The molecule has 3 atom stereocenters.